The fourth-order valence-electron chi connectivity index (χ4n) is 3.51. The number of rotatable bonds is 3. The molecule has 4 rings (SSSR count). The Kier molecular flexibility index (Phi) is 5.49. The summed E-state index contributed by atoms with van der Waals surface area (Å²) in [5, 5.41) is 11.0. The Labute approximate surface area is 182 Å². The number of oxazole rings is 1. The largest absolute Gasteiger partial charge is 0.420 e. The summed E-state index contributed by atoms with van der Waals surface area (Å²) in [6.45, 7) is 1.61. The molecule has 1 unspecified atom stereocenters. The Bertz CT molecular complexity index is 1280. The first-order chi connectivity index (χ1) is 15.0. The van der Waals surface area contributed by atoms with Crippen molar-refractivity contribution >= 4 is 40.1 Å². The first-order valence-electron chi connectivity index (χ1n) is 9.50. The van der Waals surface area contributed by atoms with Crippen molar-refractivity contribution in [2.24, 2.45) is 0 Å². The molecule has 2 heterocycles. The number of non-ortho nitro benzene ring substituents is 1. The van der Waals surface area contributed by atoms with E-state index in [-0.39, 0.29) is 34.3 Å². The van der Waals surface area contributed by atoms with Gasteiger partial charge in [-0.15, -0.1) is 11.8 Å². The number of nitro benzene ring substituents is 1. The number of nitrogens with zero attached hydrogens (tertiary/aromatic N) is 3. The van der Waals surface area contributed by atoms with Crippen molar-refractivity contribution in [2.45, 2.75) is 36.2 Å². The average Bonchev–Trinajstić information content (AvgIpc) is 2.91. The van der Waals surface area contributed by atoms with E-state index in [1.54, 1.807) is 0 Å². The number of anilines is 1. The van der Waals surface area contributed by atoms with Gasteiger partial charge in [0.15, 0.2) is 5.58 Å². The zero-order valence-corrected chi connectivity index (χ0v) is 17.4. The number of hydrogen-bond acceptors (Lipinski definition) is 6. The van der Waals surface area contributed by atoms with E-state index >= 15 is 0 Å². The highest BCUT2D eigenvalue weighted by Gasteiger charge is 2.33. The van der Waals surface area contributed by atoms with E-state index in [4.69, 9.17) is 4.42 Å². The minimum absolute atomic E-state index is 0.0585. The van der Waals surface area contributed by atoms with Gasteiger partial charge in [-0.05, 0) is 30.7 Å². The third-order valence-electron chi connectivity index (χ3n) is 5.12. The van der Waals surface area contributed by atoms with Gasteiger partial charge in [-0.25, -0.2) is 4.79 Å². The van der Waals surface area contributed by atoms with Crippen LogP contribution in [0.4, 0.5) is 24.5 Å². The molecule has 0 fully saturated rings. The standard InChI is InChI=1S/C20H16F3N3O5S/c1-11-6-7-24(15-8-12(20(21,22)23)2-5-17(15)32-11)18(27)10-25-14-4-3-13(26(29)30)9-16(14)31-19(25)28/h2-5,8-9,11H,6-7,10H2,1H3. The maximum atomic E-state index is 13.3. The normalized spacial score (nSPS) is 16.6. The van der Waals surface area contributed by atoms with E-state index in [1.165, 1.54) is 34.9 Å². The van der Waals surface area contributed by atoms with Crippen LogP contribution in [0.2, 0.25) is 0 Å². The highest BCUT2D eigenvalue weighted by molar-refractivity contribution is 8.00. The molecule has 12 heteroatoms. The second kappa shape index (κ2) is 8.01. The monoisotopic (exact) mass is 467 g/mol. The molecule has 3 aromatic rings. The Balaban J connectivity index is 1.72. The predicted molar refractivity (Wildman–Crippen MR) is 111 cm³/mol. The summed E-state index contributed by atoms with van der Waals surface area (Å²) < 4.78 is 45.9. The van der Waals surface area contributed by atoms with Crippen LogP contribution < -0.4 is 10.7 Å². The number of thioether (sulfide) groups is 1. The van der Waals surface area contributed by atoms with Gasteiger partial charge in [0.2, 0.25) is 5.91 Å². The number of carbonyl (C=O) groups is 1. The van der Waals surface area contributed by atoms with Crippen LogP contribution in [0.5, 0.6) is 0 Å². The van der Waals surface area contributed by atoms with Crippen molar-refractivity contribution in [3.05, 3.63) is 62.6 Å². The van der Waals surface area contributed by atoms with Gasteiger partial charge in [0, 0.05) is 22.8 Å². The first kappa shape index (κ1) is 21.9. The molecule has 0 bridgehead atoms. The van der Waals surface area contributed by atoms with Crippen LogP contribution in [-0.2, 0) is 17.5 Å². The molecule has 1 atom stereocenters. The molecule has 0 radical (unpaired) electrons. The highest BCUT2D eigenvalue weighted by Crippen LogP contribution is 2.41. The Morgan fingerprint density at radius 1 is 1.28 bits per heavy atom. The van der Waals surface area contributed by atoms with Gasteiger partial charge in [-0.3, -0.25) is 19.5 Å². The van der Waals surface area contributed by atoms with Crippen LogP contribution in [0.15, 0.2) is 50.5 Å². The van der Waals surface area contributed by atoms with Crippen LogP contribution in [-0.4, -0.2) is 27.2 Å². The molecule has 0 spiro atoms. The third kappa shape index (κ3) is 4.09. The molecular weight excluding hydrogens is 451 g/mol. The highest BCUT2D eigenvalue weighted by atomic mass is 32.2. The molecule has 0 N–H and O–H groups in total. The molecule has 2 aromatic carbocycles. The second-order valence-electron chi connectivity index (χ2n) is 7.31. The summed E-state index contributed by atoms with van der Waals surface area (Å²) in [4.78, 5) is 37.5. The molecule has 32 heavy (non-hydrogen) atoms. The molecule has 1 aliphatic heterocycles. The zero-order chi connectivity index (χ0) is 23.2. The molecule has 1 aromatic heterocycles. The summed E-state index contributed by atoms with van der Waals surface area (Å²) in [5.74, 6) is -1.49. The van der Waals surface area contributed by atoms with Gasteiger partial charge in [0.25, 0.3) is 5.69 Å². The van der Waals surface area contributed by atoms with E-state index < -0.39 is 34.9 Å². The van der Waals surface area contributed by atoms with Crippen molar-refractivity contribution in [1.82, 2.24) is 4.57 Å². The lowest BCUT2D eigenvalue weighted by molar-refractivity contribution is -0.384. The fraction of sp³-hybridized carbons (Fsp3) is 0.300. The number of benzene rings is 2. The number of carbonyl (C=O) groups excluding carboxylic acids is 1. The number of nitro groups is 1. The topological polar surface area (TPSA) is 98.6 Å². The Morgan fingerprint density at radius 3 is 2.72 bits per heavy atom. The van der Waals surface area contributed by atoms with Crippen LogP contribution in [0, 0.1) is 10.1 Å². The van der Waals surface area contributed by atoms with E-state index in [2.05, 4.69) is 0 Å². The molecule has 168 valence electrons. The molecule has 1 aliphatic rings. The molecule has 0 saturated carbocycles. The van der Waals surface area contributed by atoms with E-state index in [0.29, 0.717) is 11.3 Å². The number of alkyl halides is 3. The number of hydrogen-bond donors (Lipinski definition) is 0. The summed E-state index contributed by atoms with van der Waals surface area (Å²) in [6.07, 6.45) is -4.03. The SMILES string of the molecule is CC1CCN(C(=O)Cn2c(=O)oc3cc([N+](=O)[O-])ccc32)c2cc(C(F)(F)F)ccc2S1. The zero-order valence-electron chi connectivity index (χ0n) is 16.6. The predicted octanol–water partition coefficient (Wildman–Crippen LogP) is 4.44. The molecule has 1 amide bonds. The molecule has 0 saturated heterocycles. The van der Waals surface area contributed by atoms with E-state index in [9.17, 15) is 32.9 Å². The van der Waals surface area contributed by atoms with E-state index in [1.807, 2.05) is 6.92 Å². The quantitative estimate of drug-likeness (QED) is 0.417. The van der Waals surface area contributed by atoms with Gasteiger partial charge < -0.3 is 9.32 Å². The van der Waals surface area contributed by atoms with Crippen molar-refractivity contribution in [3.63, 3.8) is 0 Å². The van der Waals surface area contributed by atoms with Crippen LogP contribution in [0.3, 0.4) is 0 Å². The van der Waals surface area contributed by atoms with Gasteiger partial charge in [-0.1, -0.05) is 6.92 Å². The number of amides is 1. The van der Waals surface area contributed by atoms with Crippen LogP contribution in [0.1, 0.15) is 18.9 Å². The third-order valence-corrected chi connectivity index (χ3v) is 6.36. The minimum atomic E-state index is -4.57. The fourth-order valence-corrected chi connectivity index (χ4v) is 4.60. The van der Waals surface area contributed by atoms with Gasteiger partial charge in [0.1, 0.15) is 6.54 Å². The van der Waals surface area contributed by atoms with Gasteiger partial charge in [0.05, 0.1) is 27.8 Å². The van der Waals surface area contributed by atoms with Crippen molar-refractivity contribution < 1.29 is 27.3 Å². The van der Waals surface area contributed by atoms with E-state index in [0.717, 1.165) is 22.8 Å². The lowest BCUT2D eigenvalue weighted by Crippen LogP contribution is -2.37. The summed E-state index contributed by atoms with van der Waals surface area (Å²) >= 11 is 1.38. The number of aromatic nitrogens is 1. The second-order valence-corrected chi connectivity index (χ2v) is 8.79. The number of halogens is 3. The smallest absolute Gasteiger partial charge is 0.407 e. The van der Waals surface area contributed by atoms with Crippen molar-refractivity contribution in [1.29, 1.82) is 0 Å². The van der Waals surface area contributed by atoms with Crippen molar-refractivity contribution in [2.75, 3.05) is 11.4 Å². The lowest BCUT2D eigenvalue weighted by atomic mass is 10.1. The van der Waals surface area contributed by atoms with Crippen molar-refractivity contribution in [3.8, 4) is 0 Å². The lowest BCUT2D eigenvalue weighted by Gasteiger charge is -2.23. The maximum Gasteiger partial charge on any atom is 0.420 e. The van der Waals surface area contributed by atoms with Crippen LogP contribution >= 0.6 is 11.8 Å². The Hall–Kier alpha value is -3.28. The minimum Gasteiger partial charge on any atom is -0.407 e. The molecule has 0 aliphatic carbocycles. The summed E-state index contributed by atoms with van der Waals surface area (Å²) in [5.41, 5.74) is -0.900. The Morgan fingerprint density at radius 2 is 2.03 bits per heavy atom. The number of fused-ring (bicyclic) bond motifs is 2. The van der Waals surface area contributed by atoms with Gasteiger partial charge in [-0.2, -0.15) is 13.2 Å². The van der Waals surface area contributed by atoms with Gasteiger partial charge >= 0.3 is 11.9 Å². The summed E-state index contributed by atoms with van der Waals surface area (Å²) in [7, 11) is 0. The maximum absolute atomic E-state index is 13.3. The summed E-state index contributed by atoms with van der Waals surface area (Å²) in [6, 6.07) is 6.82. The average molecular weight is 467 g/mol. The molecule has 8 nitrogen and oxygen atoms in total. The van der Waals surface area contributed by atoms with Crippen LogP contribution in [0.25, 0.3) is 11.1 Å². The molecular formula is C20H16F3N3O5S. The first-order valence-corrected chi connectivity index (χ1v) is 10.4.